The van der Waals surface area contributed by atoms with Gasteiger partial charge < -0.3 is 15.0 Å². The van der Waals surface area contributed by atoms with Gasteiger partial charge >= 0.3 is 0 Å². The molecule has 1 saturated heterocycles. The van der Waals surface area contributed by atoms with Gasteiger partial charge in [0.25, 0.3) is 5.91 Å². The number of methoxy groups -OCH3 is 1. The van der Waals surface area contributed by atoms with Crippen LogP contribution in [0.25, 0.3) is 6.08 Å². The van der Waals surface area contributed by atoms with E-state index in [9.17, 15) is 4.79 Å². The highest BCUT2D eigenvalue weighted by Crippen LogP contribution is 2.25. The number of anilines is 1. The highest BCUT2D eigenvalue weighted by Gasteiger charge is 2.18. The number of benzene rings is 2. The van der Waals surface area contributed by atoms with E-state index in [4.69, 9.17) is 21.3 Å². The lowest BCUT2D eigenvalue weighted by Crippen LogP contribution is -2.46. The largest absolute Gasteiger partial charge is 0.383 e. The summed E-state index contributed by atoms with van der Waals surface area (Å²) in [6.07, 6.45) is 4.40. The van der Waals surface area contributed by atoms with Gasteiger partial charge in [-0.15, -0.1) is 0 Å². The van der Waals surface area contributed by atoms with E-state index in [-0.39, 0.29) is 5.91 Å². The highest BCUT2D eigenvalue weighted by atomic mass is 35.5. The molecule has 0 radical (unpaired) electrons. The predicted molar refractivity (Wildman–Crippen MR) is 151 cm³/mol. The number of halogens is 1. The maximum atomic E-state index is 12.1. The van der Waals surface area contributed by atoms with Crippen LogP contribution in [0.5, 0.6) is 0 Å². The Morgan fingerprint density at radius 3 is 2.57 bits per heavy atom. The van der Waals surface area contributed by atoms with Crippen molar-refractivity contribution in [2.45, 2.75) is 10.9 Å². The molecule has 194 valence electrons. The summed E-state index contributed by atoms with van der Waals surface area (Å²) in [5.74, 6) is 1.45. The zero-order valence-corrected chi connectivity index (χ0v) is 22.5. The van der Waals surface area contributed by atoms with Gasteiger partial charge in [0, 0.05) is 63.8 Å². The first kappa shape index (κ1) is 27.1. The molecule has 3 aromatic rings. The topological polar surface area (TPSA) is 70.6 Å². The van der Waals surface area contributed by atoms with Gasteiger partial charge in [-0.1, -0.05) is 78.0 Å². The molecule has 0 bridgehead atoms. The molecule has 0 spiro atoms. The molecular weight excluding hydrogens is 506 g/mol. The Balaban J connectivity index is 1.26. The van der Waals surface area contributed by atoms with E-state index in [0.29, 0.717) is 34.8 Å². The van der Waals surface area contributed by atoms with Gasteiger partial charge in [-0.3, -0.25) is 9.69 Å². The van der Waals surface area contributed by atoms with Crippen molar-refractivity contribution in [3.05, 3.63) is 88.6 Å². The highest BCUT2D eigenvalue weighted by molar-refractivity contribution is 7.98. The van der Waals surface area contributed by atoms with Crippen molar-refractivity contribution in [1.29, 1.82) is 0 Å². The van der Waals surface area contributed by atoms with Crippen molar-refractivity contribution in [1.82, 2.24) is 20.2 Å². The van der Waals surface area contributed by atoms with Gasteiger partial charge in [0.2, 0.25) is 0 Å². The first-order valence-corrected chi connectivity index (χ1v) is 13.7. The third-order valence-corrected chi connectivity index (χ3v) is 7.12. The summed E-state index contributed by atoms with van der Waals surface area (Å²) in [5.41, 5.74) is 2.93. The van der Waals surface area contributed by atoms with E-state index < -0.39 is 0 Å². The Morgan fingerprint density at radius 1 is 1.08 bits per heavy atom. The quantitative estimate of drug-likeness (QED) is 0.165. The molecule has 0 unspecified atom stereocenters. The molecule has 0 saturated carbocycles. The molecule has 9 heteroatoms. The number of carbonyl (C=O) groups excluding carboxylic acids is 1. The molecule has 0 atom stereocenters. The number of aromatic nitrogens is 2. The predicted octanol–water partition coefficient (Wildman–Crippen LogP) is 4.63. The summed E-state index contributed by atoms with van der Waals surface area (Å²) < 4.78 is 4.96. The molecule has 1 fully saturated rings. The minimum Gasteiger partial charge on any atom is -0.383 e. The monoisotopic (exact) mass is 537 g/mol. The fourth-order valence-corrected chi connectivity index (χ4v) is 4.98. The van der Waals surface area contributed by atoms with E-state index >= 15 is 0 Å². The standard InChI is InChI=1S/C28H32ClN5O2S/c1-36-19-13-30-27(35)24-11-9-23(10-12-24)21-37-28-31-25(29)20-26(32-28)34-17-15-33(16-18-34)14-5-8-22-6-3-2-4-7-22/h2-12,20H,13-19,21H2,1H3,(H,30,35). The minimum atomic E-state index is -0.105. The van der Waals surface area contributed by atoms with Crippen LogP contribution in [0.3, 0.4) is 0 Å². The van der Waals surface area contributed by atoms with Gasteiger partial charge in [0.1, 0.15) is 11.0 Å². The van der Waals surface area contributed by atoms with Crippen molar-refractivity contribution in [3.8, 4) is 0 Å². The second-order valence-electron chi connectivity index (χ2n) is 8.67. The van der Waals surface area contributed by atoms with Crippen LogP contribution < -0.4 is 10.2 Å². The van der Waals surface area contributed by atoms with Gasteiger partial charge in [0.15, 0.2) is 5.16 Å². The lowest BCUT2D eigenvalue weighted by molar-refractivity contribution is 0.0937. The lowest BCUT2D eigenvalue weighted by Gasteiger charge is -2.35. The molecule has 1 amide bonds. The van der Waals surface area contributed by atoms with Crippen molar-refractivity contribution in [2.24, 2.45) is 0 Å². The molecule has 4 rings (SSSR count). The Bertz CT molecular complexity index is 1170. The normalized spacial score (nSPS) is 14.3. The molecule has 1 N–H and O–H groups in total. The van der Waals surface area contributed by atoms with Crippen molar-refractivity contribution < 1.29 is 9.53 Å². The van der Waals surface area contributed by atoms with Crippen LogP contribution in [0.1, 0.15) is 21.5 Å². The molecular formula is C28H32ClN5O2S. The maximum absolute atomic E-state index is 12.1. The third-order valence-electron chi connectivity index (χ3n) is 6.01. The number of carbonyl (C=O) groups is 1. The Hall–Kier alpha value is -2.91. The van der Waals surface area contributed by atoms with Crippen LogP contribution >= 0.6 is 23.4 Å². The van der Waals surface area contributed by atoms with Gasteiger partial charge in [0.05, 0.1) is 6.61 Å². The minimum absolute atomic E-state index is 0.105. The molecule has 2 aromatic carbocycles. The summed E-state index contributed by atoms with van der Waals surface area (Å²) in [6.45, 7) is 5.63. The number of rotatable bonds is 11. The number of ether oxygens (including phenoxy) is 1. The first-order valence-electron chi connectivity index (χ1n) is 12.3. The van der Waals surface area contributed by atoms with E-state index in [1.807, 2.05) is 36.4 Å². The summed E-state index contributed by atoms with van der Waals surface area (Å²) >= 11 is 7.89. The number of piperazine rings is 1. The molecule has 1 aliphatic heterocycles. The Labute approximate surface area is 227 Å². The van der Waals surface area contributed by atoms with Gasteiger partial charge in [-0.2, -0.15) is 0 Å². The fraction of sp³-hybridized carbons (Fsp3) is 0.321. The van der Waals surface area contributed by atoms with Crippen LogP contribution in [-0.4, -0.2) is 73.8 Å². The smallest absolute Gasteiger partial charge is 0.251 e. The van der Waals surface area contributed by atoms with Crippen LogP contribution in [-0.2, 0) is 10.5 Å². The number of nitrogens with zero attached hydrogens (tertiary/aromatic N) is 4. The number of hydrogen-bond acceptors (Lipinski definition) is 7. The molecule has 1 aromatic heterocycles. The Kier molecular flexibility index (Phi) is 10.4. The average Bonchev–Trinajstić information content (AvgIpc) is 2.93. The van der Waals surface area contributed by atoms with E-state index in [2.05, 4.69) is 56.5 Å². The second kappa shape index (κ2) is 14.1. The summed E-state index contributed by atoms with van der Waals surface area (Å²) in [6, 6.07) is 19.8. The fourth-order valence-electron chi connectivity index (χ4n) is 3.94. The third kappa shape index (κ3) is 8.57. The zero-order chi connectivity index (χ0) is 25.9. The number of nitrogens with one attached hydrogen (secondary N) is 1. The number of hydrogen-bond donors (Lipinski definition) is 1. The average molecular weight is 538 g/mol. The van der Waals surface area contributed by atoms with Crippen LogP contribution in [0.15, 0.2) is 71.9 Å². The summed E-state index contributed by atoms with van der Waals surface area (Å²) in [4.78, 5) is 26.0. The van der Waals surface area contributed by atoms with Crippen molar-refractivity contribution in [3.63, 3.8) is 0 Å². The van der Waals surface area contributed by atoms with Gasteiger partial charge in [-0.25, -0.2) is 9.97 Å². The summed E-state index contributed by atoms with van der Waals surface area (Å²) in [7, 11) is 1.61. The zero-order valence-electron chi connectivity index (χ0n) is 21.0. The van der Waals surface area contributed by atoms with Crippen LogP contribution in [0, 0.1) is 0 Å². The molecule has 37 heavy (non-hydrogen) atoms. The van der Waals surface area contributed by atoms with E-state index in [1.54, 1.807) is 7.11 Å². The number of amides is 1. The molecule has 2 heterocycles. The van der Waals surface area contributed by atoms with Crippen LogP contribution in [0.4, 0.5) is 5.82 Å². The number of thioether (sulfide) groups is 1. The van der Waals surface area contributed by atoms with Gasteiger partial charge in [-0.05, 0) is 23.3 Å². The lowest BCUT2D eigenvalue weighted by atomic mass is 10.1. The molecule has 7 nitrogen and oxygen atoms in total. The van der Waals surface area contributed by atoms with Crippen LogP contribution in [0.2, 0.25) is 5.15 Å². The molecule has 1 aliphatic rings. The SMILES string of the molecule is COCCNC(=O)c1ccc(CSc2nc(Cl)cc(N3CCN(CC=Cc4ccccc4)CC3)n2)cc1. The maximum Gasteiger partial charge on any atom is 0.251 e. The van der Waals surface area contributed by atoms with E-state index in [0.717, 1.165) is 44.1 Å². The first-order chi connectivity index (χ1) is 18.1. The summed E-state index contributed by atoms with van der Waals surface area (Å²) in [5, 5.41) is 3.92. The Morgan fingerprint density at radius 2 is 1.84 bits per heavy atom. The molecule has 0 aliphatic carbocycles. The van der Waals surface area contributed by atoms with Crippen molar-refractivity contribution >= 4 is 41.2 Å². The van der Waals surface area contributed by atoms with E-state index in [1.165, 1.54) is 17.3 Å². The second-order valence-corrected chi connectivity index (χ2v) is 10.00. The van der Waals surface area contributed by atoms with Crippen molar-refractivity contribution in [2.75, 3.05) is 57.9 Å².